The maximum Gasteiger partial charge on any atom is 0.393 e. The van der Waals surface area contributed by atoms with Crippen molar-refractivity contribution in [2.24, 2.45) is 0 Å². The molecular formula is C6H12N3O4P. The fourth-order valence-corrected chi connectivity index (χ4v) is 0.788. The van der Waals surface area contributed by atoms with Gasteiger partial charge >= 0.3 is 7.60 Å². The van der Waals surface area contributed by atoms with Crippen molar-refractivity contribution in [2.75, 3.05) is 6.61 Å². The average molecular weight is 221 g/mol. The van der Waals surface area contributed by atoms with Gasteiger partial charge in [0.2, 0.25) is 5.57 Å². The summed E-state index contributed by atoms with van der Waals surface area (Å²) in [6, 6.07) is 0. The summed E-state index contributed by atoms with van der Waals surface area (Å²) in [6.07, 6.45) is 2.93. The molecule has 0 fully saturated rings. The molecule has 0 spiro atoms. The second-order valence-electron chi connectivity index (χ2n) is 2.21. The quantitative estimate of drug-likeness (QED) is 0.552. The predicted octanol–water partition coefficient (Wildman–Crippen LogP) is -0.937. The molecule has 7 nitrogen and oxygen atoms in total. The maximum atomic E-state index is 10.4. The molecule has 0 aliphatic rings. The molecule has 14 heavy (non-hydrogen) atoms. The zero-order chi connectivity index (χ0) is 11.0. The normalized spacial score (nSPS) is 10.3. The number of aliphatic hydroxyl groups is 1. The molecular weight excluding hydrogens is 209 g/mol. The van der Waals surface area contributed by atoms with Gasteiger partial charge in [-0.2, -0.15) is 0 Å². The van der Waals surface area contributed by atoms with Crippen LogP contribution in [0.4, 0.5) is 0 Å². The SMILES string of the molecule is CCCO.O=P(O)(O)c1ncncn1. The molecule has 3 N–H and O–H groups in total. The number of rotatable bonds is 2. The van der Waals surface area contributed by atoms with E-state index in [-0.39, 0.29) is 0 Å². The van der Waals surface area contributed by atoms with Gasteiger partial charge < -0.3 is 14.9 Å². The highest BCUT2D eigenvalue weighted by molar-refractivity contribution is 7.59. The number of hydrogen-bond donors (Lipinski definition) is 3. The van der Waals surface area contributed by atoms with E-state index in [4.69, 9.17) is 14.9 Å². The highest BCUT2D eigenvalue weighted by Crippen LogP contribution is 2.29. The van der Waals surface area contributed by atoms with Gasteiger partial charge in [0, 0.05) is 6.61 Å². The van der Waals surface area contributed by atoms with Crippen LogP contribution in [-0.2, 0) is 4.57 Å². The molecule has 0 saturated carbocycles. The van der Waals surface area contributed by atoms with Crippen LogP contribution in [0.3, 0.4) is 0 Å². The zero-order valence-electron chi connectivity index (χ0n) is 7.61. The molecule has 1 rings (SSSR count). The van der Waals surface area contributed by atoms with Crippen molar-refractivity contribution in [1.29, 1.82) is 0 Å². The summed E-state index contributed by atoms with van der Waals surface area (Å²) in [7, 11) is -4.28. The molecule has 0 atom stereocenters. The lowest BCUT2D eigenvalue weighted by Gasteiger charge is -1.97. The Bertz CT molecular complexity index is 286. The van der Waals surface area contributed by atoms with Crippen LogP contribution in [0.5, 0.6) is 0 Å². The van der Waals surface area contributed by atoms with E-state index in [0.717, 1.165) is 19.1 Å². The van der Waals surface area contributed by atoms with Crippen molar-refractivity contribution in [1.82, 2.24) is 15.0 Å². The van der Waals surface area contributed by atoms with E-state index in [1.54, 1.807) is 0 Å². The monoisotopic (exact) mass is 221 g/mol. The van der Waals surface area contributed by atoms with Crippen LogP contribution >= 0.6 is 7.60 Å². The van der Waals surface area contributed by atoms with Crippen LogP contribution in [-0.4, -0.2) is 36.5 Å². The lowest BCUT2D eigenvalue weighted by Crippen LogP contribution is -2.12. The molecule has 1 heterocycles. The van der Waals surface area contributed by atoms with Gasteiger partial charge in [0.25, 0.3) is 0 Å². The molecule has 0 unspecified atom stereocenters. The summed E-state index contributed by atoms with van der Waals surface area (Å²) < 4.78 is 10.4. The van der Waals surface area contributed by atoms with Crippen molar-refractivity contribution in [3.05, 3.63) is 12.7 Å². The number of nitrogens with zero attached hydrogens (tertiary/aromatic N) is 3. The summed E-state index contributed by atoms with van der Waals surface area (Å²) in [4.78, 5) is 26.8. The Morgan fingerprint density at radius 1 is 1.36 bits per heavy atom. The van der Waals surface area contributed by atoms with E-state index in [1.807, 2.05) is 6.92 Å². The van der Waals surface area contributed by atoms with E-state index in [2.05, 4.69) is 15.0 Å². The second-order valence-corrected chi connectivity index (χ2v) is 3.69. The first kappa shape index (κ1) is 13.1. The zero-order valence-corrected chi connectivity index (χ0v) is 8.50. The highest BCUT2D eigenvalue weighted by Gasteiger charge is 2.19. The number of aromatic nitrogens is 3. The molecule has 0 aliphatic heterocycles. The van der Waals surface area contributed by atoms with Crippen molar-refractivity contribution in [2.45, 2.75) is 13.3 Å². The van der Waals surface area contributed by atoms with Crippen molar-refractivity contribution in [3.63, 3.8) is 0 Å². The predicted molar refractivity (Wildman–Crippen MR) is 48.9 cm³/mol. The van der Waals surface area contributed by atoms with Crippen molar-refractivity contribution >= 4 is 13.2 Å². The van der Waals surface area contributed by atoms with E-state index < -0.39 is 13.2 Å². The molecule has 8 heteroatoms. The Kier molecular flexibility index (Phi) is 6.14. The van der Waals surface area contributed by atoms with Gasteiger partial charge in [-0.25, -0.2) is 15.0 Å². The third-order valence-corrected chi connectivity index (χ3v) is 1.72. The molecule has 0 radical (unpaired) electrons. The molecule has 0 bridgehead atoms. The smallest absolute Gasteiger partial charge is 0.393 e. The van der Waals surface area contributed by atoms with E-state index in [0.29, 0.717) is 6.61 Å². The molecule has 1 aromatic heterocycles. The minimum Gasteiger partial charge on any atom is -0.396 e. The Morgan fingerprint density at radius 3 is 2.00 bits per heavy atom. The summed E-state index contributed by atoms with van der Waals surface area (Å²) in [5, 5.41) is 7.88. The lowest BCUT2D eigenvalue weighted by molar-refractivity contribution is 0.295. The van der Waals surface area contributed by atoms with Crippen molar-refractivity contribution < 1.29 is 19.5 Å². The first-order valence-electron chi connectivity index (χ1n) is 3.81. The second kappa shape index (κ2) is 6.56. The standard InChI is InChI=1S/C3H4N3O3P.C3H8O/c7-10(8,9)3-5-1-4-2-6-3;1-2-3-4/h1-2H,(H2,7,8,9);4H,2-3H2,1H3. The minimum atomic E-state index is -4.28. The van der Waals surface area contributed by atoms with Gasteiger partial charge in [-0.3, -0.25) is 4.57 Å². The fourth-order valence-electron chi connectivity index (χ4n) is 0.384. The molecule has 0 amide bonds. The van der Waals surface area contributed by atoms with Crippen LogP contribution in [0.2, 0.25) is 0 Å². The van der Waals surface area contributed by atoms with Crippen LogP contribution in [0.15, 0.2) is 12.7 Å². The van der Waals surface area contributed by atoms with Gasteiger partial charge in [-0.15, -0.1) is 0 Å². The summed E-state index contributed by atoms with van der Waals surface area (Å²) in [5.74, 6) is 0. The molecule has 0 saturated heterocycles. The van der Waals surface area contributed by atoms with Gasteiger partial charge in [0.1, 0.15) is 12.7 Å². The Balaban J connectivity index is 0.000000364. The molecule has 1 aromatic rings. The Labute approximate surface area is 81.0 Å². The summed E-state index contributed by atoms with van der Waals surface area (Å²) >= 11 is 0. The van der Waals surface area contributed by atoms with Crippen LogP contribution in [0, 0.1) is 0 Å². The molecule has 0 aromatic carbocycles. The van der Waals surface area contributed by atoms with Crippen molar-refractivity contribution in [3.8, 4) is 0 Å². The average Bonchev–Trinajstić information content (AvgIpc) is 2.18. The van der Waals surface area contributed by atoms with Crippen LogP contribution in [0.1, 0.15) is 13.3 Å². The van der Waals surface area contributed by atoms with E-state index in [9.17, 15) is 4.57 Å². The Morgan fingerprint density at radius 2 is 1.79 bits per heavy atom. The van der Waals surface area contributed by atoms with Gasteiger partial charge in [0.05, 0.1) is 0 Å². The lowest BCUT2D eigenvalue weighted by atomic mass is 10.5. The minimum absolute atomic E-state index is 0.319. The fraction of sp³-hybridized carbons (Fsp3) is 0.500. The number of hydrogen-bond acceptors (Lipinski definition) is 5. The first-order chi connectivity index (χ1) is 6.52. The first-order valence-corrected chi connectivity index (χ1v) is 5.42. The highest BCUT2D eigenvalue weighted by atomic mass is 31.2. The van der Waals surface area contributed by atoms with Crippen LogP contribution in [0.25, 0.3) is 0 Å². The largest absolute Gasteiger partial charge is 0.396 e. The summed E-state index contributed by atoms with van der Waals surface area (Å²) in [5.41, 5.74) is -0.498. The maximum absolute atomic E-state index is 10.4. The van der Waals surface area contributed by atoms with E-state index >= 15 is 0 Å². The van der Waals surface area contributed by atoms with Gasteiger partial charge in [0.15, 0.2) is 0 Å². The third-order valence-electron chi connectivity index (χ3n) is 0.964. The van der Waals surface area contributed by atoms with Gasteiger partial charge in [-0.1, -0.05) is 6.92 Å². The van der Waals surface area contributed by atoms with Crippen LogP contribution < -0.4 is 5.57 Å². The van der Waals surface area contributed by atoms with Gasteiger partial charge in [-0.05, 0) is 6.42 Å². The topological polar surface area (TPSA) is 116 Å². The van der Waals surface area contributed by atoms with E-state index in [1.165, 1.54) is 0 Å². The molecule has 80 valence electrons. The molecule has 0 aliphatic carbocycles. The number of aliphatic hydroxyl groups excluding tert-OH is 1. The third kappa shape index (κ3) is 5.71. The summed E-state index contributed by atoms with van der Waals surface area (Å²) in [6.45, 7) is 2.25. The Hall–Kier alpha value is -0.880.